The van der Waals surface area contributed by atoms with Crippen molar-refractivity contribution in [2.45, 2.75) is 51.5 Å². The first-order valence-corrected chi connectivity index (χ1v) is 8.04. The van der Waals surface area contributed by atoms with E-state index in [2.05, 4.69) is 5.32 Å². The first-order chi connectivity index (χ1) is 10.9. The second-order valence-corrected chi connectivity index (χ2v) is 6.61. The van der Waals surface area contributed by atoms with Crippen molar-refractivity contribution < 1.29 is 19.4 Å². The van der Waals surface area contributed by atoms with Gasteiger partial charge >= 0.3 is 5.97 Å². The molecule has 2 unspecified atom stereocenters. The molecule has 1 saturated carbocycles. The minimum absolute atomic E-state index is 0.180. The van der Waals surface area contributed by atoms with Gasteiger partial charge < -0.3 is 15.2 Å². The Hall–Kier alpha value is -2.04. The summed E-state index contributed by atoms with van der Waals surface area (Å²) in [6.45, 7) is 3.96. The van der Waals surface area contributed by atoms with Crippen LogP contribution >= 0.6 is 0 Å². The lowest BCUT2D eigenvalue weighted by molar-refractivity contribution is -0.150. The monoisotopic (exact) mass is 319 g/mol. The molecule has 0 bridgehead atoms. The van der Waals surface area contributed by atoms with Gasteiger partial charge in [-0.25, -0.2) is 4.79 Å². The molecular formula is C18H25NO4. The molecule has 1 aromatic carbocycles. The molecule has 5 heteroatoms. The summed E-state index contributed by atoms with van der Waals surface area (Å²) in [5.41, 5.74) is 0.725. The van der Waals surface area contributed by atoms with E-state index in [0.29, 0.717) is 18.8 Å². The molecule has 0 spiro atoms. The summed E-state index contributed by atoms with van der Waals surface area (Å²) < 4.78 is 5.16. The summed E-state index contributed by atoms with van der Waals surface area (Å²) in [5.74, 6) is -0.115. The van der Waals surface area contributed by atoms with Crippen LogP contribution in [0.3, 0.4) is 0 Å². The molecule has 0 aromatic heterocycles. The minimum atomic E-state index is -1.12. The third kappa shape index (κ3) is 4.03. The number of benzene rings is 1. The molecule has 1 amide bonds. The standard InChI is InChI=1S/C18H25NO4/c1-12-5-4-8-18(11-12,17(21)22)19-16(20)10-14-6-7-15(23-3)9-13(14)2/h6-7,9,12H,4-5,8,10-11H2,1-3H3,(H,19,20)(H,21,22). The van der Waals surface area contributed by atoms with Crippen molar-refractivity contribution in [3.8, 4) is 5.75 Å². The van der Waals surface area contributed by atoms with Gasteiger partial charge in [0.2, 0.25) is 5.91 Å². The van der Waals surface area contributed by atoms with E-state index in [1.54, 1.807) is 7.11 Å². The van der Waals surface area contributed by atoms with Gasteiger partial charge in [-0.2, -0.15) is 0 Å². The predicted octanol–water partition coefficient (Wildman–Crippen LogP) is 2.70. The third-order valence-electron chi connectivity index (χ3n) is 4.69. The van der Waals surface area contributed by atoms with Gasteiger partial charge in [0.05, 0.1) is 13.5 Å². The van der Waals surface area contributed by atoms with E-state index in [1.807, 2.05) is 32.0 Å². The number of carbonyl (C=O) groups excluding carboxylic acids is 1. The number of hydrogen-bond acceptors (Lipinski definition) is 3. The molecular weight excluding hydrogens is 294 g/mol. The smallest absolute Gasteiger partial charge is 0.329 e. The molecule has 0 heterocycles. The van der Waals surface area contributed by atoms with E-state index in [0.717, 1.165) is 29.7 Å². The molecule has 23 heavy (non-hydrogen) atoms. The van der Waals surface area contributed by atoms with E-state index in [9.17, 15) is 14.7 Å². The summed E-state index contributed by atoms with van der Waals surface area (Å²) in [7, 11) is 1.60. The number of rotatable bonds is 5. The minimum Gasteiger partial charge on any atom is -0.497 e. The Kier molecular flexibility index (Phi) is 5.29. The number of carbonyl (C=O) groups is 2. The fraction of sp³-hybridized carbons (Fsp3) is 0.556. The molecule has 2 N–H and O–H groups in total. The Morgan fingerprint density at radius 2 is 2.17 bits per heavy atom. The van der Waals surface area contributed by atoms with Crippen molar-refractivity contribution in [2.24, 2.45) is 5.92 Å². The Bertz CT molecular complexity index is 599. The predicted molar refractivity (Wildman–Crippen MR) is 87.6 cm³/mol. The SMILES string of the molecule is COc1ccc(CC(=O)NC2(C(=O)O)CCCC(C)C2)c(C)c1. The summed E-state index contributed by atoms with van der Waals surface area (Å²) in [4.78, 5) is 24.1. The molecule has 5 nitrogen and oxygen atoms in total. The molecule has 2 rings (SSSR count). The van der Waals surface area contributed by atoms with Crippen LogP contribution < -0.4 is 10.1 Å². The fourth-order valence-corrected chi connectivity index (χ4v) is 3.39. The van der Waals surface area contributed by atoms with Crippen molar-refractivity contribution in [1.29, 1.82) is 0 Å². The number of aliphatic carboxylic acids is 1. The molecule has 2 atom stereocenters. The number of hydrogen-bond donors (Lipinski definition) is 2. The van der Waals surface area contributed by atoms with Gasteiger partial charge in [-0.15, -0.1) is 0 Å². The summed E-state index contributed by atoms with van der Waals surface area (Å²) >= 11 is 0. The topological polar surface area (TPSA) is 75.6 Å². The number of carboxylic acids is 1. The van der Waals surface area contributed by atoms with Crippen molar-refractivity contribution in [2.75, 3.05) is 7.11 Å². The van der Waals surface area contributed by atoms with Crippen LogP contribution in [-0.2, 0) is 16.0 Å². The van der Waals surface area contributed by atoms with Crippen LogP contribution in [0.4, 0.5) is 0 Å². The Morgan fingerprint density at radius 1 is 1.43 bits per heavy atom. The molecule has 0 saturated heterocycles. The van der Waals surface area contributed by atoms with Gasteiger partial charge in [-0.1, -0.05) is 25.8 Å². The van der Waals surface area contributed by atoms with E-state index < -0.39 is 11.5 Å². The van der Waals surface area contributed by atoms with Crippen LogP contribution in [0.15, 0.2) is 18.2 Å². The Labute approximate surface area is 137 Å². The van der Waals surface area contributed by atoms with Gasteiger partial charge in [0.1, 0.15) is 11.3 Å². The van der Waals surface area contributed by atoms with Crippen LogP contribution in [0.1, 0.15) is 43.7 Å². The van der Waals surface area contributed by atoms with Gasteiger partial charge in [0.15, 0.2) is 0 Å². The molecule has 1 aliphatic rings. The Morgan fingerprint density at radius 3 is 2.74 bits per heavy atom. The van der Waals surface area contributed by atoms with Crippen LogP contribution in [0.2, 0.25) is 0 Å². The van der Waals surface area contributed by atoms with Crippen molar-refractivity contribution in [3.63, 3.8) is 0 Å². The third-order valence-corrected chi connectivity index (χ3v) is 4.69. The maximum Gasteiger partial charge on any atom is 0.329 e. The maximum atomic E-state index is 12.4. The first kappa shape index (κ1) is 17.3. The number of nitrogens with one attached hydrogen (secondary N) is 1. The number of ether oxygens (including phenoxy) is 1. The van der Waals surface area contributed by atoms with Crippen molar-refractivity contribution in [3.05, 3.63) is 29.3 Å². The number of carboxylic acid groups (broad SMARTS) is 1. The maximum absolute atomic E-state index is 12.4. The highest BCUT2D eigenvalue weighted by molar-refractivity contribution is 5.88. The molecule has 1 fully saturated rings. The highest BCUT2D eigenvalue weighted by Gasteiger charge is 2.43. The molecule has 0 radical (unpaired) electrons. The molecule has 0 aliphatic heterocycles. The molecule has 1 aromatic rings. The number of amides is 1. The second kappa shape index (κ2) is 7.02. The lowest BCUT2D eigenvalue weighted by Crippen LogP contribution is -2.57. The fourth-order valence-electron chi connectivity index (χ4n) is 3.39. The van der Waals surface area contributed by atoms with Crippen molar-refractivity contribution >= 4 is 11.9 Å². The van der Waals surface area contributed by atoms with Crippen LogP contribution in [-0.4, -0.2) is 29.6 Å². The van der Waals surface area contributed by atoms with Crippen molar-refractivity contribution in [1.82, 2.24) is 5.32 Å². The van der Waals surface area contributed by atoms with E-state index in [4.69, 9.17) is 4.74 Å². The second-order valence-electron chi connectivity index (χ2n) is 6.61. The lowest BCUT2D eigenvalue weighted by Gasteiger charge is -2.37. The van der Waals surface area contributed by atoms with Crippen LogP contribution in [0.5, 0.6) is 5.75 Å². The molecule has 126 valence electrons. The zero-order chi connectivity index (χ0) is 17.0. The summed E-state index contributed by atoms with van der Waals surface area (Å²) in [6, 6.07) is 5.54. The van der Waals surface area contributed by atoms with Gasteiger partial charge in [-0.3, -0.25) is 4.79 Å². The van der Waals surface area contributed by atoms with Crippen LogP contribution in [0, 0.1) is 12.8 Å². The van der Waals surface area contributed by atoms with E-state index in [-0.39, 0.29) is 12.3 Å². The van der Waals surface area contributed by atoms with E-state index in [1.165, 1.54) is 0 Å². The van der Waals surface area contributed by atoms with Gasteiger partial charge in [0.25, 0.3) is 0 Å². The highest BCUT2D eigenvalue weighted by Crippen LogP contribution is 2.32. The first-order valence-electron chi connectivity index (χ1n) is 8.04. The zero-order valence-corrected chi connectivity index (χ0v) is 14.0. The quantitative estimate of drug-likeness (QED) is 0.875. The summed E-state index contributed by atoms with van der Waals surface area (Å²) in [5, 5.41) is 12.4. The Balaban J connectivity index is 2.09. The van der Waals surface area contributed by atoms with E-state index >= 15 is 0 Å². The van der Waals surface area contributed by atoms with Gasteiger partial charge in [0, 0.05) is 0 Å². The average Bonchev–Trinajstić information content (AvgIpc) is 2.49. The molecule has 1 aliphatic carbocycles. The lowest BCUT2D eigenvalue weighted by atomic mass is 9.76. The number of methoxy groups -OCH3 is 1. The largest absolute Gasteiger partial charge is 0.497 e. The van der Waals surface area contributed by atoms with Crippen LogP contribution in [0.25, 0.3) is 0 Å². The van der Waals surface area contributed by atoms with Gasteiger partial charge in [-0.05, 0) is 48.9 Å². The highest BCUT2D eigenvalue weighted by atomic mass is 16.5. The summed E-state index contributed by atoms with van der Waals surface area (Å²) in [6.07, 6.45) is 3.02. The zero-order valence-electron chi connectivity index (χ0n) is 14.0. The normalized spacial score (nSPS) is 24.0. The average molecular weight is 319 g/mol. The number of aryl methyl sites for hydroxylation is 1.